The summed E-state index contributed by atoms with van der Waals surface area (Å²) in [5.74, 6) is -1.18. The first kappa shape index (κ1) is 18.5. The molecule has 2 N–H and O–H groups in total. The summed E-state index contributed by atoms with van der Waals surface area (Å²) in [4.78, 5) is 27.8. The molecule has 0 spiro atoms. The number of fused-ring (bicyclic) bond motifs is 3. The average molecular weight is 412 g/mol. The van der Waals surface area contributed by atoms with E-state index in [9.17, 15) is 14.7 Å². The van der Waals surface area contributed by atoms with E-state index in [0.29, 0.717) is 4.34 Å². The van der Waals surface area contributed by atoms with Crippen molar-refractivity contribution in [2.24, 2.45) is 0 Å². The number of anilines is 1. The van der Waals surface area contributed by atoms with Gasteiger partial charge in [0.2, 0.25) is 0 Å². The lowest BCUT2D eigenvalue weighted by Crippen LogP contribution is -2.19. The Kier molecular flexibility index (Phi) is 5.06. The molecule has 0 unspecified atom stereocenters. The van der Waals surface area contributed by atoms with E-state index in [1.807, 2.05) is 36.4 Å². The first-order valence-electron chi connectivity index (χ1n) is 8.48. The van der Waals surface area contributed by atoms with Gasteiger partial charge in [-0.05, 0) is 28.5 Å². The number of thiazole rings is 1. The molecule has 1 aromatic heterocycles. The summed E-state index contributed by atoms with van der Waals surface area (Å²) in [5, 5.41) is 11.7. The number of amides is 1. The third-order valence-corrected chi connectivity index (χ3v) is 6.57. The van der Waals surface area contributed by atoms with Crippen LogP contribution in [0.15, 0.2) is 52.9 Å². The van der Waals surface area contributed by atoms with Gasteiger partial charge in [-0.3, -0.25) is 5.32 Å². The fourth-order valence-corrected chi connectivity index (χ4v) is 4.71. The molecule has 8 heteroatoms. The van der Waals surface area contributed by atoms with Crippen LogP contribution in [0.5, 0.6) is 0 Å². The maximum absolute atomic E-state index is 12.3. The number of benzene rings is 2. The number of carboxylic acid groups (broad SMARTS) is 1. The number of hydrogen-bond donors (Lipinski definition) is 2. The van der Waals surface area contributed by atoms with Crippen molar-refractivity contribution in [1.82, 2.24) is 4.98 Å². The van der Waals surface area contributed by atoms with Crippen molar-refractivity contribution in [3.63, 3.8) is 0 Å². The molecule has 0 radical (unpaired) electrons. The van der Waals surface area contributed by atoms with E-state index in [1.54, 1.807) is 6.26 Å². The molecule has 1 amide bonds. The van der Waals surface area contributed by atoms with Gasteiger partial charge in [-0.25, -0.2) is 14.6 Å². The van der Waals surface area contributed by atoms with Crippen LogP contribution >= 0.6 is 23.1 Å². The van der Waals surface area contributed by atoms with Gasteiger partial charge in [-0.2, -0.15) is 0 Å². The maximum atomic E-state index is 12.3. The molecule has 3 aromatic rings. The van der Waals surface area contributed by atoms with E-state index < -0.39 is 12.1 Å². The maximum Gasteiger partial charge on any atom is 0.412 e. The lowest BCUT2D eigenvalue weighted by Gasteiger charge is -2.14. The van der Waals surface area contributed by atoms with E-state index >= 15 is 0 Å². The van der Waals surface area contributed by atoms with E-state index in [0.717, 1.165) is 33.6 Å². The van der Waals surface area contributed by atoms with E-state index in [-0.39, 0.29) is 23.2 Å². The van der Waals surface area contributed by atoms with Crippen molar-refractivity contribution in [1.29, 1.82) is 0 Å². The molecule has 0 bridgehead atoms. The number of nitrogens with zero attached hydrogens (tertiary/aromatic N) is 1. The van der Waals surface area contributed by atoms with Gasteiger partial charge in [-0.15, -0.1) is 0 Å². The van der Waals surface area contributed by atoms with Gasteiger partial charge >= 0.3 is 12.1 Å². The van der Waals surface area contributed by atoms with Gasteiger partial charge in [0.25, 0.3) is 0 Å². The van der Waals surface area contributed by atoms with Gasteiger partial charge in [0.1, 0.15) is 6.61 Å². The highest BCUT2D eigenvalue weighted by atomic mass is 32.2. The molecule has 0 saturated heterocycles. The summed E-state index contributed by atoms with van der Waals surface area (Å²) in [6.07, 6.45) is 1.07. The Labute approximate surface area is 169 Å². The Hall–Kier alpha value is -2.84. The summed E-state index contributed by atoms with van der Waals surface area (Å²) in [6.45, 7) is 0.155. The standard InChI is InChI=1S/C20H16N2O4S2/c1-27-20-22-17(16(28-20)18(23)24)21-19(25)26-10-15-13-8-4-2-6-11(13)12-7-3-5-9-14(12)15/h2-9,15H,10H2,1H3,(H,21,25)(H,23,24). The minimum absolute atomic E-state index is 0.0130. The van der Waals surface area contributed by atoms with Crippen LogP contribution in [0.25, 0.3) is 11.1 Å². The minimum atomic E-state index is -1.13. The Morgan fingerprint density at radius 1 is 1.14 bits per heavy atom. The monoisotopic (exact) mass is 412 g/mol. The Morgan fingerprint density at radius 2 is 1.75 bits per heavy atom. The largest absolute Gasteiger partial charge is 0.477 e. The molecule has 6 nitrogen and oxygen atoms in total. The number of aromatic nitrogens is 1. The molecule has 0 aliphatic heterocycles. The van der Waals surface area contributed by atoms with Gasteiger partial charge < -0.3 is 9.84 Å². The third kappa shape index (κ3) is 3.36. The summed E-state index contributed by atoms with van der Waals surface area (Å²) in [6, 6.07) is 16.1. The normalized spacial score (nSPS) is 12.3. The molecule has 0 saturated carbocycles. The number of carboxylic acids is 1. The van der Waals surface area contributed by atoms with Crippen LogP contribution in [0.4, 0.5) is 10.6 Å². The second-order valence-electron chi connectivity index (χ2n) is 6.12. The zero-order valence-corrected chi connectivity index (χ0v) is 16.5. The van der Waals surface area contributed by atoms with Crippen molar-refractivity contribution in [2.45, 2.75) is 10.3 Å². The molecule has 142 valence electrons. The van der Waals surface area contributed by atoms with Crippen molar-refractivity contribution >= 4 is 41.0 Å². The van der Waals surface area contributed by atoms with Crippen molar-refractivity contribution < 1.29 is 19.4 Å². The second kappa shape index (κ2) is 7.65. The van der Waals surface area contributed by atoms with Crippen LogP contribution in [-0.4, -0.2) is 35.0 Å². The number of nitrogens with one attached hydrogen (secondary N) is 1. The molecular weight excluding hydrogens is 396 g/mol. The molecule has 4 rings (SSSR count). The Bertz CT molecular complexity index is 1020. The minimum Gasteiger partial charge on any atom is -0.477 e. The van der Waals surface area contributed by atoms with Crippen LogP contribution in [0.3, 0.4) is 0 Å². The number of thioether (sulfide) groups is 1. The zero-order valence-electron chi connectivity index (χ0n) is 14.8. The van der Waals surface area contributed by atoms with E-state index in [4.69, 9.17) is 4.74 Å². The van der Waals surface area contributed by atoms with Gasteiger partial charge in [-0.1, -0.05) is 71.6 Å². The molecule has 28 heavy (non-hydrogen) atoms. The fraction of sp³-hybridized carbons (Fsp3) is 0.150. The van der Waals surface area contributed by atoms with Crippen molar-refractivity contribution in [3.05, 3.63) is 64.5 Å². The highest BCUT2D eigenvalue weighted by Crippen LogP contribution is 2.44. The predicted molar refractivity (Wildman–Crippen MR) is 110 cm³/mol. The summed E-state index contributed by atoms with van der Waals surface area (Å²) in [7, 11) is 0. The van der Waals surface area contributed by atoms with Crippen LogP contribution in [0.2, 0.25) is 0 Å². The number of ether oxygens (including phenoxy) is 1. The number of carbonyl (C=O) groups is 2. The summed E-state index contributed by atoms with van der Waals surface area (Å²) in [5.41, 5.74) is 4.51. The fourth-order valence-electron chi connectivity index (χ4n) is 3.35. The Morgan fingerprint density at radius 3 is 2.32 bits per heavy atom. The smallest absolute Gasteiger partial charge is 0.412 e. The molecule has 2 aromatic carbocycles. The van der Waals surface area contributed by atoms with E-state index in [1.165, 1.54) is 11.8 Å². The van der Waals surface area contributed by atoms with E-state index in [2.05, 4.69) is 22.4 Å². The highest BCUT2D eigenvalue weighted by molar-refractivity contribution is 8.00. The number of aromatic carboxylic acids is 1. The first-order valence-corrected chi connectivity index (χ1v) is 10.5. The quantitative estimate of drug-likeness (QED) is 0.578. The third-order valence-electron chi connectivity index (χ3n) is 4.54. The zero-order chi connectivity index (χ0) is 19.7. The molecule has 1 aliphatic carbocycles. The van der Waals surface area contributed by atoms with Crippen LogP contribution < -0.4 is 5.32 Å². The predicted octanol–water partition coefficient (Wildman–Crippen LogP) is 4.92. The summed E-state index contributed by atoms with van der Waals surface area (Å²) >= 11 is 2.33. The summed E-state index contributed by atoms with van der Waals surface area (Å²) < 4.78 is 6.00. The second-order valence-corrected chi connectivity index (χ2v) is 8.17. The van der Waals surface area contributed by atoms with Crippen LogP contribution in [0, 0.1) is 0 Å². The van der Waals surface area contributed by atoms with Crippen LogP contribution in [0.1, 0.15) is 26.7 Å². The van der Waals surface area contributed by atoms with Gasteiger partial charge in [0, 0.05) is 5.92 Å². The molecule has 0 atom stereocenters. The topological polar surface area (TPSA) is 88.5 Å². The highest BCUT2D eigenvalue weighted by Gasteiger charge is 2.29. The van der Waals surface area contributed by atoms with Crippen molar-refractivity contribution in [2.75, 3.05) is 18.2 Å². The van der Waals surface area contributed by atoms with Gasteiger partial charge in [0.15, 0.2) is 15.0 Å². The Balaban J connectivity index is 1.50. The molecular formula is C20H16N2O4S2. The lowest BCUT2D eigenvalue weighted by atomic mass is 9.98. The van der Waals surface area contributed by atoms with Gasteiger partial charge in [0.05, 0.1) is 0 Å². The van der Waals surface area contributed by atoms with Crippen molar-refractivity contribution in [3.8, 4) is 11.1 Å². The average Bonchev–Trinajstić information content (AvgIpc) is 3.25. The van der Waals surface area contributed by atoms with Crippen LogP contribution in [-0.2, 0) is 4.74 Å². The number of rotatable bonds is 5. The molecule has 0 fully saturated rings. The first-order chi connectivity index (χ1) is 13.6. The number of carbonyl (C=O) groups excluding carboxylic acids is 1. The molecule has 1 aliphatic rings. The number of hydrogen-bond acceptors (Lipinski definition) is 6. The SMILES string of the molecule is CSc1nc(NC(=O)OCC2c3ccccc3-c3ccccc32)c(C(=O)O)s1. The lowest BCUT2D eigenvalue weighted by molar-refractivity contribution is 0.0703. The molecule has 1 heterocycles.